The van der Waals surface area contributed by atoms with Crippen LogP contribution >= 0.6 is 0 Å². The van der Waals surface area contributed by atoms with E-state index in [1.165, 1.54) is 12.8 Å². The van der Waals surface area contributed by atoms with Gasteiger partial charge in [0.05, 0.1) is 19.3 Å². The van der Waals surface area contributed by atoms with Crippen molar-refractivity contribution in [2.45, 2.75) is 45.6 Å². The van der Waals surface area contributed by atoms with Crippen LogP contribution in [-0.4, -0.2) is 19.3 Å². The van der Waals surface area contributed by atoms with E-state index < -0.39 is 0 Å². The second-order valence-corrected chi connectivity index (χ2v) is 6.35. The number of rotatable bonds is 10. The van der Waals surface area contributed by atoms with E-state index in [2.05, 4.69) is 39.5 Å². The van der Waals surface area contributed by atoms with Gasteiger partial charge in [-0.3, -0.25) is 0 Å². The molecule has 1 aromatic carbocycles. The van der Waals surface area contributed by atoms with Crippen LogP contribution in [0.1, 0.15) is 45.6 Å². The van der Waals surface area contributed by atoms with Crippen LogP contribution in [0.25, 0.3) is 6.08 Å². The van der Waals surface area contributed by atoms with Crippen molar-refractivity contribution < 1.29 is 9.47 Å². The summed E-state index contributed by atoms with van der Waals surface area (Å²) >= 11 is 0. The van der Waals surface area contributed by atoms with E-state index in [1.54, 1.807) is 7.11 Å². The van der Waals surface area contributed by atoms with Crippen LogP contribution in [0.2, 0.25) is 0 Å². The summed E-state index contributed by atoms with van der Waals surface area (Å²) in [5.74, 6) is 1.47. The van der Waals surface area contributed by atoms with Crippen molar-refractivity contribution >= 4 is 6.08 Å². The van der Waals surface area contributed by atoms with E-state index in [-0.39, 0.29) is 5.60 Å². The summed E-state index contributed by atoms with van der Waals surface area (Å²) in [5, 5.41) is 0. The zero-order valence-electron chi connectivity index (χ0n) is 14.5. The predicted molar refractivity (Wildman–Crippen MR) is 95.3 cm³/mol. The molecule has 1 aromatic rings. The van der Waals surface area contributed by atoms with Crippen LogP contribution in [0, 0.1) is 5.92 Å². The Balaban J connectivity index is 2.31. The number of hydrogen-bond donors (Lipinski definition) is 0. The highest BCUT2D eigenvalue weighted by Crippen LogP contribution is 2.20. The maximum atomic E-state index is 5.97. The lowest BCUT2D eigenvalue weighted by molar-refractivity contribution is -0.00909. The van der Waals surface area contributed by atoms with Gasteiger partial charge in [0.15, 0.2) is 0 Å². The molecule has 0 aliphatic carbocycles. The second-order valence-electron chi connectivity index (χ2n) is 6.35. The third-order valence-corrected chi connectivity index (χ3v) is 3.84. The van der Waals surface area contributed by atoms with Crippen molar-refractivity contribution in [1.29, 1.82) is 0 Å². The highest BCUT2D eigenvalue weighted by atomic mass is 16.5. The van der Waals surface area contributed by atoms with E-state index in [4.69, 9.17) is 9.47 Å². The molecule has 2 heteroatoms. The van der Waals surface area contributed by atoms with Gasteiger partial charge in [-0.25, -0.2) is 0 Å². The first kappa shape index (κ1) is 18.5. The SMILES string of the molecule is C=CC(C)CCCC(C)(C)OCC=Cc1ccc(OC)cc1. The highest BCUT2D eigenvalue weighted by molar-refractivity contribution is 5.50. The van der Waals surface area contributed by atoms with Crippen molar-refractivity contribution in [2.24, 2.45) is 5.92 Å². The minimum absolute atomic E-state index is 0.0782. The number of allylic oxidation sites excluding steroid dienone is 1. The molecule has 0 spiro atoms. The molecule has 0 N–H and O–H groups in total. The smallest absolute Gasteiger partial charge is 0.118 e. The van der Waals surface area contributed by atoms with Crippen LogP contribution in [0.3, 0.4) is 0 Å². The predicted octanol–water partition coefficient (Wildman–Crippen LogP) is 5.50. The Morgan fingerprint density at radius 2 is 1.91 bits per heavy atom. The minimum atomic E-state index is -0.0782. The number of methoxy groups -OCH3 is 1. The maximum absolute atomic E-state index is 5.97. The molecule has 1 unspecified atom stereocenters. The molecule has 0 saturated heterocycles. The summed E-state index contributed by atoms with van der Waals surface area (Å²) in [6, 6.07) is 8.00. The zero-order chi connectivity index (χ0) is 16.4. The van der Waals surface area contributed by atoms with E-state index in [9.17, 15) is 0 Å². The van der Waals surface area contributed by atoms with E-state index in [0.29, 0.717) is 12.5 Å². The van der Waals surface area contributed by atoms with E-state index >= 15 is 0 Å². The molecule has 1 rings (SSSR count). The fourth-order valence-corrected chi connectivity index (χ4v) is 2.21. The first-order valence-electron chi connectivity index (χ1n) is 8.04. The lowest BCUT2D eigenvalue weighted by Gasteiger charge is -2.25. The molecular weight excluding hydrogens is 272 g/mol. The summed E-state index contributed by atoms with van der Waals surface area (Å²) in [5.41, 5.74) is 1.08. The third-order valence-electron chi connectivity index (χ3n) is 3.84. The van der Waals surface area contributed by atoms with Crippen molar-refractivity contribution in [2.75, 3.05) is 13.7 Å². The topological polar surface area (TPSA) is 18.5 Å². The van der Waals surface area contributed by atoms with Gasteiger partial charge in [0.2, 0.25) is 0 Å². The fraction of sp³-hybridized carbons (Fsp3) is 0.500. The lowest BCUT2D eigenvalue weighted by Crippen LogP contribution is -2.24. The Labute approximate surface area is 135 Å². The van der Waals surface area contributed by atoms with Crippen molar-refractivity contribution in [3.8, 4) is 5.75 Å². The zero-order valence-corrected chi connectivity index (χ0v) is 14.5. The lowest BCUT2D eigenvalue weighted by atomic mass is 9.97. The van der Waals surface area contributed by atoms with Crippen molar-refractivity contribution in [3.05, 3.63) is 48.6 Å². The molecule has 0 bridgehead atoms. The van der Waals surface area contributed by atoms with Crippen LogP contribution in [0.15, 0.2) is 43.0 Å². The quantitative estimate of drug-likeness (QED) is 0.532. The molecule has 0 aliphatic heterocycles. The average molecular weight is 302 g/mol. The van der Waals surface area contributed by atoms with Crippen LogP contribution in [0.5, 0.6) is 5.75 Å². The van der Waals surface area contributed by atoms with Gasteiger partial charge in [-0.05, 0) is 50.3 Å². The second kappa shape index (κ2) is 9.47. The molecule has 0 fully saturated rings. The molecule has 0 aromatic heterocycles. The van der Waals surface area contributed by atoms with Gasteiger partial charge >= 0.3 is 0 Å². The largest absolute Gasteiger partial charge is 0.497 e. The van der Waals surface area contributed by atoms with Crippen molar-refractivity contribution in [3.63, 3.8) is 0 Å². The summed E-state index contributed by atoms with van der Waals surface area (Å²) in [7, 11) is 1.68. The van der Waals surface area contributed by atoms with Crippen molar-refractivity contribution in [1.82, 2.24) is 0 Å². The average Bonchev–Trinajstić information content (AvgIpc) is 2.51. The number of ether oxygens (including phenoxy) is 2. The van der Waals surface area contributed by atoms with E-state index in [0.717, 1.165) is 17.7 Å². The van der Waals surface area contributed by atoms with Gasteiger partial charge in [-0.15, -0.1) is 6.58 Å². The van der Waals surface area contributed by atoms with Gasteiger partial charge in [-0.2, -0.15) is 0 Å². The van der Waals surface area contributed by atoms with E-state index in [1.807, 2.05) is 30.3 Å². The Kier molecular flexibility index (Phi) is 7.97. The maximum Gasteiger partial charge on any atom is 0.118 e. The Hall–Kier alpha value is -1.54. The summed E-state index contributed by atoms with van der Waals surface area (Å²) < 4.78 is 11.1. The van der Waals surface area contributed by atoms with Gasteiger partial charge in [0, 0.05) is 0 Å². The molecule has 0 aliphatic rings. The molecule has 0 amide bonds. The van der Waals surface area contributed by atoms with Crippen LogP contribution in [0.4, 0.5) is 0 Å². The van der Waals surface area contributed by atoms with Gasteiger partial charge in [-0.1, -0.05) is 43.7 Å². The first-order valence-corrected chi connectivity index (χ1v) is 8.04. The summed E-state index contributed by atoms with van der Waals surface area (Å²) in [4.78, 5) is 0. The summed E-state index contributed by atoms with van der Waals surface area (Å²) in [6.07, 6.45) is 9.58. The molecule has 1 atom stereocenters. The molecule has 0 radical (unpaired) electrons. The minimum Gasteiger partial charge on any atom is -0.497 e. The molecular formula is C20H30O2. The standard InChI is InChI=1S/C20H30O2/c1-6-17(2)9-7-15-20(3,4)22-16-8-10-18-11-13-19(21-5)14-12-18/h6,8,10-14,17H,1,7,9,15-16H2,2-5H3. The third kappa shape index (κ3) is 7.46. The van der Waals surface area contributed by atoms with Gasteiger partial charge in [0.1, 0.15) is 5.75 Å². The number of hydrogen-bond acceptors (Lipinski definition) is 2. The van der Waals surface area contributed by atoms with Gasteiger partial charge < -0.3 is 9.47 Å². The van der Waals surface area contributed by atoms with Crippen LogP contribution in [-0.2, 0) is 4.74 Å². The molecule has 0 heterocycles. The molecule has 122 valence electrons. The fourth-order valence-electron chi connectivity index (χ4n) is 2.21. The highest BCUT2D eigenvalue weighted by Gasteiger charge is 2.17. The molecule has 0 saturated carbocycles. The summed E-state index contributed by atoms with van der Waals surface area (Å²) in [6.45, 7) is 11.0. The molecule has 22 heavy (non-hydrogen) atoms. The van der Waals surface area contributed by atoms with Gasteiger partial charge in [0.25, 0.3) is 0 Å². The Morgan fingerprint density at radius 1 is 1.23 bits per heavy atom. The Bertz CT molecular complexity index is 457. The Morgan fingerprint density at radius 3 is 2.50 bits per heavy atom. The first-order chi connectivity index (χ1) is 10.5. The monoisotopic (exact) mass is 302 g/mol. The molecule has 2 nitrogen and oxygen atoms in total. The van der Waals surface area contributed by atoms with Crippen LogP contribution < -0.4 is 4.74 Å². The number of benzene rings is 1. The normalized spacial score (nSPS) is 13.3.